The Balaban J connectivity index is 0.000000196. The average molecular weight is 1100 g/mol. The van der Waals surface area contributed by atoms with Crippen LogP contribution >= 0.6 is 0 Å². The maximum Gasteiger partial charge on any atom is 0.319 e. The first-order chi connectivity index (χ1) is 35.7. The van der Waals surface area contributed by atoms with E-state index in [0.29, 0.717) is 88.5 Å². The molecule has 2 aromatic heterocycles. The molecule has 20 nitrogen and oxygen atoms in total. The largest absolute Gasteiger partial charge is 0.377 e. The van der Waals surface area contributed by atoms with Crippen LogP contribution in [-0.2, 0) is 42.4 Å². The van der Waals surface area contributed by atoms with Gasteiger partial charge in [0, 0.05) is 84.7 Å². The fraction of sp³-hybridized carbons (Fsp3) is 0.600. The average Bonchev–Trinajstić information content (AvgIpc) is 4.55. The highest BCUT2D eigenvalue weighted by Gasteiger charge is 2.55. The zero-order valence-corrected chi connectivity index (χ0v) is 44.3. The molecule has 0 spiro atoms. The molecule has 6 atom stereocenters. The summed E-state index contributed by atoms with van der Waals surface area (Å²) in [5.74, 6) is 2.91. The van der Waals surface area contributed by atoms with Crippen LogP contribution in [0.5, 0.6) is 0 Å². The monoisotopic (exact) mass is 1100 g/mol. The topological polar surface area (TPSA) is 234 Å². The van der Waals surface area contributed by atoms with Gasteiger partial charge in [0.15, 0.2) is 11.6 Å². The van der Waals surface area contributed by atoms with E-state index in [9.17, 15) is 26.4 Å². The molecule has 4 saturated heterocycles. The van der Waals surface area contributed by atoms with Gasteiger partial charge in [0.2, 0.25) is 20.0 Å². The summed E-state index contributed by atoms with van der Waals surface area (Å²) in [7, 11) is -6.63. The number of carbonyl (C=O) groups excluding carboxylic acids is 2. The van der Waals surface area contributed by atoms with E-state index in [4.69, 9.17) is 29.4 Å². The first-order valence-corrected chi connectivity index (χ1v) is 29.6. The fourth-order valence-corrected chi connectivity index (χ4v) is 16.3. The Morgan fingerprint density at radius 1 is 0.558 bits per heavy atom. The molecule has 4 unspecified atom stereocenters. The lowest BCUT2D eigenvalue weighted by atomic mass is 9.98. The van der Waals surface area contributed by atoms with Crippen molar-refractivity contribution in [3.8, 4) is 22.8 Å². The van der Waals surface area contributed by atoms with E-state index in [1.807, 2.05) is 71.0 Å². The normalized spacial score (nSPS) is 24.6. The Kier molecular flexibility index (Phi) is 17.5. The Morgan fingerprint density at radius 2 is 0.935 bits per heavy atom. The first kappa shape index (κ1) is 57.6. The summed E-state index contributed by atoms with van der Waals surface area (Å²) < 4.78 is 68.7. The molecule has 8 aliphatic rings. The van der Waals surface area contributed by atoms with E-state index in [1.54, 1.807) is 0 Å². The van der Waals surface area contributed by atoms with Crippen molar-refractivity contribution in [2.45, 2.75) is 161 Å². The van der Waals surface area contributed by atoms with Gasteiger partial charge in [0.25, 0.3) is 0 Å². The molecular weight excluding hydrogens is 1020 g/mol. The van der Waals surface area contributed by atoms with Gasteiger partial charge >= 0.3 is 12.1 Å². The zero-order valence-electron chi connectivity index (χ0n) is 42.6. The predicted octanol–water partition coefficient (Wildman–Crippen LogP) is 8.04. The molecule has 6 aliphatic heterocycles. The van der Waals surface area contributed by atoms with Gasteiger partial charge < -0.3 is 40.5 Å². The van der Waals surface area contributed by atoms with Crippen LogP contribution in [-0.4, -0.2) is 145 Å². The second-order valence-electron chi connectivity index (χ2n) is 20.9. The zero-order chi connectivity index (χ0) is 51.5. The number of rotatable bonds is 12. The lowest BCUT2D eigenvalue weighted by Crippen LogP contribution is -2.47. The lowest BCUT2D eigenvalue weighted by molar-refractivity contribution is 0.0982. The number of benzene rings is 2. The molecule has 4 amide bonds. The van der Waals surface area contributed by atoms with Crippen LogP contribution in [0.2, 0.25) is 0 Å². The molecule has 6 fully saturated rings. The minimum atomic E-state index is -3.31. The molecule has 8 heterocycles. The summed E-state index contributed by atoms with van der Waals surface area (Å²) in [5.41, 5.74) is 6.95. The number of morpholine rings is 2. The second-order valence-corrected chi connectivity index (χ2v) is 25.1. The highest BCUT2D eigenvalue weighted by molar-refractivity contribution is 7.90. The minimum absolute atomic E-state index is 0. The summed E-state index contributed by atoms with van der Waals surface area (Å²) >= 11 is 0. The Bertz CT molecular complexity index is 2800. The molecule has 77 heavy (non-hydrogen) atoms. The molecule has 2 aromatic carbocycles. The van der Waals surface area contributed by atoms with E-state index in [-0.39, 0.29) is 81.1 Å². The third-order valence-electron chi connectivity index (χ3n) is 15.6. The van der Waals surface area contributed by atoms with E-state index in [2.05, 4.69) is 44.9 Å². The van der Waals surface area contributed by atoms with Crippen molar-refractivity contribution in [3.05, 3.63) is 71.0 Å². The van der Waals surface area contributed by atoms with Crippen LogP contribution in [0.3, 0.4) is 0 Å². The van der Waals surface area contributed by atoms with Crippen molar-refractivity contribution in [2.75, 3.05) is 73.0 Å². The standard InChI is InChI=1S/2C26H34N6O4S.3CH4/c2*1-3-27-26(33)28-18-6-4-17(5-7-18)24-29-21-14-19-8-11-22(32(19)37(34,35)20-9-10-20)23(21)25(30-24)31-12-13-36-15-16(31)2;;;/h2*4-7,16,19-20,22H,3,8-15H2,1-2H3,(H2,27,28,33);3*1H4/t2*16-,19?,22?;;;/m00.../s1. The SMILES string of the molecule is C.C.C.CCNC(=O)Nc1ccc(-c2nc3c(c(N4CCOC[C@@H]4C)n2)C2CCC(C3)N2S(=O)(=O)C2CC2)cc1.CCNC(=O)Nc1ccc(-c2nc3c(c(N4CCOC[C@@H]4C)n2)C2CCC(C3)N2S(=O)(=O)C2CC2)cc1. The van der Waals surface area contributed by atoms with Gasteiger partial charge in [-0.15, -0.1) is 0 Å². The number of amides is 4. The number of urea groups is 2. The van der Waals surface area contributed by atoms with Crippen LogP contribution in [0.25, 0.3) is 22.8 Å². The minimum Gasteiger partial charge on any atom is -0.377 e. The number of nitrogens with zero attached hydrogens (tertiary/aromatic N) is 8. The van der Waals surface area contributed by atoms with E-state index in [0.717, 1.165) is 96.6 Å². The summed E-state index contributed by atoms with van der Waals surface area (Å²) in [6.07, 6.45) is 7.57. The molecule has 4 bridgehead atoms. The van der Waals surface area contributed by atoms with E-state index < -0.39 is 20.0 Å². The maximum absolute atomic E-state index is 13.4. The number of carbonyl (C=O) groups is 2. The number of sulfonamides is 2. The molecule has 2 saturated carbocycles. The molecule has 12 rings (SSSR count). The predicted molar refractivity (Wildman–Crippen MR) is 302 cm³/mol. The van der Waals surface area contributed by atoms with Crippen molar-refractivity contribution >= 4 is 55.1 Å². The van der Waals surface area contributed by atoms with Gasteiger partial charge in [-0.2, -0.15) is 8.61 Å². The van der Waals surface area contributed by atoms with E-state index in [1.165, 1.54) is 0 Å². The molecule has 420 valence electrons. The lowest BCUT2D eigenvalue weighted by Gasteiger charge is -2.40. The van der Waals surface area contributed by atoms with Gasteiger partial charge in [-0.1, -0.05) is 22.3 Å². The summed E-state index contributed by atoms with van der Waals surface area (Å²) in [5, 5.41) is 10.6. The van der Waals surface area contributed by atoms with E-state index >= 15 is 0 Å². The molecule has 4 aromatic rings. The Hall–Kier alpha value is -5.52. The number of hydrogen-bond donors (Lipinski definition) is 4. The molecule has 0 radical (unpaired) electrons. The number of anilines is 4. The van der Waals surface area contributed by atoms with Crippen LogP contribution in [0, 0.1) is 0 Å². The number of hydrogen-bond acceptors (Lipinski definition) is 14. The first-order valence-electron chi connectivity index (χ1n) is 26.6. The third-order valence-corrected chi connectivity index (χ3v) is 20.6. The number of nitrogens with one attached hydrogen (secondary N) is 4. The van der Waals surface area contributed by atoms with Crippen molar-refractivity contribution in [1.29, 1.82) is 0 Å². The van der Waals surface area contributed by atoms with Crippen LogP contribution in [0.15, 0.2) is 48.5 Å². The fourth-order valence-electron chi connectivity index (χ4n) is 11.8. The quantitative estimate of drug-likeness (QED) is 0.105. The number of ether oxygens (including phenoxy) is 2. The number of aromatic nitrogens is 4. The second kappa shape index (κ2) is 23.4. The van der Waals surface area contributed by atoms with Crippen LogP contribution in [0.1, 0.15) is 136 Å². The molecule has 4 N–H and O–H groups in total. The van der Waals surface area contributed by atoms with Crippen molar-refractivity contribution in [3.63, 3.8) is 0 Å². The maximum atomic E-state index is 13.4. The molecular formula is C55H80N12O8S2. The van der Waals surface area contributed by atoms with Crippen molar-refractivity contribution in [2.24, 2.45) is 0 Å². The third kappa shape index (κ3) is 11.4. The molecule has 2 aliphatic carbocycles. The summed E-state index contributed by atoms with van der Waals surface area (Å²) in [6.45, 7) is 12.9. The van der Waals surface area contributed by atoms with Crippen LogP contribution < -0.4 is 31.1 Å². The summed E-state index contributed by atoms with van der Waals surface area (Å²) in [6, 6.07) is 14.3. The Labute approximate surface area is 456 Å². The van der Waals surface area contributed by atoms with Crippen LogP contribution in [0.4, 0.5) is 32.6 Å². The molecule has 22 heteroatoms. The van der Waals surface area contributed by atoms with Gasteiger partial charge in [-0.25, -0.2) is 46.4 Å². The van der Waals surface area contributed by atoms with Gasteiger partial charge in [-0.3, -0.25) is 0 Å². The Morgan fingerprint density at radius 3 is 1.27 bits per heavy atom. The number of fused-ring (bicyclic) bond motifs is 8. The summed E-state index contributed by atoms with van der Waals surface area (Å²) in [4.78, 5) is 48.5. The van der Waals surface area contributed by atoms with Gasteiger partial charge in [0.1, 0.15) is 11.6 Å². The highest BCUT2D eigenvalue weighted by Crippen LogP contribution is 2.53. The van der Waals surface area contributed by atoms with Crippen molar-refractivity contribution in [1.82, 2.24) is 39.2 Å². The van der Waals surface area contributed by atoms with Gasteiger partial charge in [0.05, 0.1) is 72.5 Å². The van der Waals surface area contributed by atoms with Gasteiger partial charge in [-0.05, 0) is 128 Å². The smallest absolute Gasteiger partial charge is 0.319 e. The van der Waals surface area contributed by atoms with Crippen molar-refractivity contribution < 1.29 is 35.9 Å². The highest BCUT2D eigenvalue weighted by atomic mass is 32.2.